The van der Waals surface area contributed by atoms with E-state index >= 15 is 0 Å². The van der Waals surface area contributed by atoms with Crippen molar-refractivity contribution >= 4 is 5.91 Å². The Hall–Kier alpha value is -2.61. The van der Waals surface area contributed by atoms with Crippen LogP contribution in [-0.4, -0.2) is 47.9 Å². The van der Waals surface area contributed by atoms with Gasteiger partial charge in [-0.3, -0.25) is 9.59 Å². The molecule has 0 spiro atoms. The van der Waals surface area contributed by atoms with Crippen LogP contribution in [0.25, 0.3) is 0 Å². The molecule has 1 aromatic carbocycles. The van der Waals surface area contributed by atoms with Gasteiger partial charge >= 0.3 is 6.18 Å². The minimum atomic E-state index is -4.65. The van der Waals surface area contributed by atoms with E-state index in [1.807, 2.05) is 55.2 Å². The van der Waals surface area contributed by atoms with Crippen LogP contribution < -0.4 is 5.56 Å². The lowest BCUT2D eigenvalue weighted by Crippen LogP contribution is -2.38. The van der Waals surface area contributed by atoms with E-state index in [2.05, 4.69) is 0 Å². The number of amides is 1. The molecule has 0 unspecified atom stereocenters. The normalized spacial score (nSPS) is 11.7. The number of aryl methyl sites for hydroxylation is 1. The second-order valence-electron chi connectivity index (χ2n) is 6.65. The first-order valence-corrected chi connectivity index (χ1v) is 8.37. The van der Waals surface area contributed by atoms with E-state index in [9.17, 15) is 22.8 Å². The molecule has 0 saturated heterocycles. The van der Waals surface area contributed by atoms with Crippen molar-refractivity contribution in [2.24, 2.45) is 0 Å². The molecule has 0 atom stereocenters. The van der Waals surface area contributed by atoms with E-state index in [0.717, 1.165) is 11.1 Å². The third-order valence-corrected chi connectivity index (χ3v) is 4.02. The van der Waals surface area contributed by atoms with Gasteiger partial charge in [-0.2, -0.15) is 13.2 Å². The van der Waals surface area contributed by atoms with Crippen LogP contribution in [-0.2, 0) is 12.7 Å². The summed E-state index contributed by atoms with van der Waals surface area (Å²) in [6.07, 6.45) is -4.08. The number of carbonyl (C=O) groups is 1. The molecule has 0 fully saturated rings. The zero-order valence-electron chi connectivity index (χ0n) is 15.4. The molecule has 2 aromatic rings. The van der Waals surface area contributed by atoms with Gasteiger partial charge in [0.2, 0.25) is 0 Å². The van der Waals surface area contributed by atoms with Gasteiger partial charge in [-0.25, -0.2) is 0 Å². The molecule has 146 valence electrons. The fourth-order valence-corrected chi connectivity index (χ4v) is 2.58. The summed E-state index contributed by atoms with van der Waals surface area (Å²) in [6, 6.07) is 8.09. The van der Waals surface area contributed by atoms with Crippen LogP contribution in [0.2, 0.25) is 0 Å². The summed E-state index contributed by atoms with van der Waals surface area (Å²) in [7, 11) is 3.65. The number of alkyl halides is 3. The molecular weight excluding hydrogens is 359 g/mol. The van der Waals surface area contributed by atoms with Crippen LogP contribution in [0.3, 0.4) is 0 Å². The van der Waals surface area contributed by atoms with E-state index < -0.39 is 28.8 Å². The first-order chi connectivity index (χ1) is 12.6. The number of pyridine rings is 1. The number of hydrogen-bond donors (Lipinski definition) is 1. The maximum atomic E-state index is 13.0. The molecule has 1 aromatic heterocycles. The zero-order valence-corrected chi connectivity index (χ0v) is 15.4. The average molecular weight is 381 g/mol. The van der Waals surface area contributed by atoms with Crippen LogP contribution in [0, 0.1) is 6.92 Å². The number of benzene rings is 1. The number of halogens is 3. The van der Waals surface area contributed by atoms with E-state index in [1.54, 1.807) is 0 Å². The summed E-state index contributed by atoms with van der Waals surface area (Å²) in [6.45, 7) is 2.89. The third-order valence-electron chi connectivity index (χ3n) is 4.02. The van der Waals surface area contributed by atoms with Gasteiger partial charge in [0.15, 0.2) is 0 Å². The van der Waals surface area contributed by atoms with E-state index in [-0.39, 0.29) is 13.1 Å². The SMILES string of the molecule is Cc1cccc(CN(CCN(C)C)C(=O)c2cc(C(F)(F)F)c[nH]c2=O)c1. The van der Waals surface area contributed by atoms with Crippen molar-refractivity contribution in [3.05, 3.63) is 69.1 Å². The maximum absolute atomic E-state index is 13.0. The van der Waals surface area contributed by atoms with Gasteiger partial charge in [-0.05, 0) is 32.6 Å². The number of nitrogens with one attached hydrogen (secondary N) is 1. The first kappa shape index (κ1) is 20.7. The quantitative estimate of drug-likeness (QED) is 0.837. The molecule has 0 saturated carbocycles. The van der Waals surface area contributed by atoms with Crippen LogP contribution in [0.4, 0.5) is 13.2 Å². The zero-order chi connectivity index (χ0) is 20.2. The largest absolute Gasteiger partial charge is 0.417 e. The third kappa shape index (κ3) is 5.68. The highest BCUT2D eigenvalue weighted by molar-refractivity contribution is 5.94. The Morgan fingerprint density at radius 2 is 1.85 bits per heavy atom. The van der Waals surface area contributed by atoms with Gasteiger partial charge in [0.1, 0.15) is 5.56 Å². The van der Waals surface area contributed by atoms with Crippen molar-refractivity contribution in [2.45, 2.75) is 19.6 Å². The molecule has 0 aliphatic rings. The first-order valence-electron chi connectivity index (χ1n) is 8.37. The van der Waals surface area contributed by atoms with Crippen molar-refractivity contribution in [3.63, 3.8) is 0 Å². The van der Waals surface area contributed by atoms with Crippen molar-refractivity contribution < 1.29 is 18.0 Å². The number of aromatic amines is 1. The highest BCUT2D eigenvalue weighted by Crippen LogP contribution is 2.28. The van der Waals surface area contributed by atoms with Gasteiger partial charge in [0.25, 0.3) is 11.5 Å². The number of rotatable bonds is 6. The van der Waals surface area contributed by atoms with Crippen molar-refractivity contribution in [3.8, 4) is 0 Å². The van der Waals surface area contributed by atoms with Gasteiger partial charge in [-0.15, -0.1) is 0 Å². The monoisotopic (exact) mass is 381 g/mol. The Kier molecular flexibility index (Phi) is 6.43. The summed E-state index contributed by atoms with van der Waals surface area (Å²) in [5.74, 6) is -0.731. The molecule has 1 amide bonds. The molecule has 27 heavy (non-hydrogen) atoms. The average Bonchev–Trinajstić information content (AvgIpc) is 2.57. The second kappa shape index (κ2) is 8.39. The lowest BCUT2D eigenvalue weighted by atomic mass is 10.1. The van der Waals surface area contributed by atoms with E-state index in [0.29, 0.717) is 18.8 Å². The molecular formula is C19H22F3N3O2. The number of H-pyrrole nitrogens is 1. The number of carbonyl (C=O) groups excluding carboxylic acids is 1. The summed E-state index contributed by atoms with van der Waals surface area (Å²) in [5, 5.41) is 0. The van der Waals surface area contributed by atoms with Crippen LogP contribution in [0.1, 0.15) is 27.0 Å². The minimum absolute atomic E-state index is 0.198. The Morgan fingerprint density at radius 3 is 2.44 bits per heavy atom. The van der Waals surface area contributed by atoms with Crippen molar-refractivity contribution in [2.75, 3.05) is 27.2 Å². The molecule has 0 aliphatic carbocycles. The Bertz CT molecular complexity index is 860. The lowest BCUT2D eigenvalue weighted by Gasteiger charge is -2.25. The van der Waals surface area contributed by atoms with Gasteiger partial charge in [0.05, 0.1) is 5.56 Å². The van der Waals surface area contributed by atoms with Gasteiger partial charge < -0.3 is 14.8 Å². The second-order valence-corrected chi connectivity index (χ2v) is 6.65. The fraction of sp³-hybridized carbons (Fsp3) is 0.368. The maximum Gasteiger partial charge on any atom is 0.417 e. The number of aromatic nitrogens is 1. The highest BCUT2D eigenvalue weighted by atomic mass is 19.4. The number of nitrogens with zero attached hydrogens (tertiary/aromatic N) is 2. The summed E-state index contributed by atoms with van der Waals surface area (Å²) < 4.78 is 38.9. The summed E-state index contributed by atoms with van der Waals surface area (Å²) >= 11 is 0. The Labute approximate surface area is 155 Å². The van der Waals surface area contributed by atoms with Gasteiger partial charge in [0, 0.05) is 25.8 Å². The summed E-state index contributed by atoms with van der Waals surface area (Å²) in [4.78, 5) is 30.1. The molecule has 5 nitrogen and oxygen atoms in total. The highest BCUT2D eigenvalue weighted by Gasteiger charge is 2.32. The van der Waals surface area contributed by atoms with Crippen molar-refractivity contribution in [1.82, 2.24) is 14.8 Å². The van der Waals surface area contributed by atoms with Crippen molar-refractivity contribution in [1.29, 1.82) is 0 Å². The van der Waals surface area contributed by atoms with Crippen LogP contribution in [0.5, 0.6) is 0 Å². The topological polar surface area (TPSA) is 56.4 Å². The fourth-order valence-electron chi connectivity index (χ4n) is 2.58. The molecule has 1 heterocycles. The smallest absolute Gasteiger partial charge is 0.333 e. The standard InChI is InChI=1S/C19H22F3N3O2/c1-13-5-4-6-14(9-13)12-25(8-7-24(2)3)18(27)16-10-15(19(20,21)22)11-23-17(16)26/h4-6,9-11H,7-8,12H2,1-3H3,(H,23,26). The van der Waals surface area contributed by atoms with Crippen LogP contribution >= 0.6 is 0 Å². The molecule has 2 rings (SSSR count). The Morgan fingerprint density at radius 1 is 1.15 bits per heavy atom. The molecule has 0 bridgehead atoms. The van der Waals surface area contributed by atoms with Gasteiger partial charge in [-0.1, -0.05) is 29.8 Å². The molecule has 0 radical (unpaired) electrons. The van der Waals surface area contributed by atoms with Crippen LogP contribution in [0.15, 0.2) is 41.3 Å². The minimum Gasteiger partial charge on any atom is -0.333 e. The van der Waals surface area contributed by atoms with E-state index in [1.165, 1.54) is 4.90 Å². The number of likely N-dealkylation sites (N-methyl/N-ethyl adjacent to an activating group) is 1. The predicted molar refractivity (Wildman–Crippen MR) is 96.5 cm³/mol. The lowest BCUT2D eigenvalue weighted by molar-refractivity contribution is -0.137. The molecule has 1 N–H and O–H groups in total. The molecule has 8 heteroatoms. The Balaban J connectivity index is 2.37. The van der Waals surface area contributed by atoms with E-state index in [4.69, 9.17) is 0 Å². The predicted octanol–water partition coefficient (Wildman–Crippen LogP) is 2.91. The molecule has 0 aliphatic heterocycles. The number of hydrogen-bond acceptors (Lipinski definition) is 3. The summed E-state index contributed by atoms with van der Waals surface area (Å²) in [5.41, 5.74) is -0.577.